The van der Waals surface area contributed by atoms with Crippen molar-refractivity contribution < 1.29 is 29.0 Å². The van der Waals surface area contributed by atoms with Crippen molar-refractivity contribution >= 4 is 34.6 Å². The third kappa shape index (κ3) is 14.3. The van der Waals surface area contributed by atoms with Crippen LogP contribution in [-0.2, 0) is 45.1 Å². The highest BCUT2D eigenvalue weighted by Crippen LogP contribution is 2.23. The fraction of sp³-hybridized carbons (Fsp3) is 0.408. The van der Waals surface area contributed by atoms with Crippen LogP contribution in [0.4, 0.5) is 4.79 Å². The topological polar surface area (TPSA) is 178 Å². The number of carbonyl (C=O) groups is 4. The first-order valence-electron chi connectivity index (χ1n) is 21.8. The molecular weight excluding hydrogens is 783 g/mol. The number of nitrogens with zero attached hydrogens (tertiary/aromatic N) is 2. The summed E-state index contributed by atoms with van der Waals surface area (Å²) in [6.07, 6.45) is 4.51. The Morgan fingerprint density at radius 2 is 1.47 bits per heavy atom. The summed E-state index contributed by atoms with van der Waals surface area (Å²) in [4.78, 5) is 64.5. The molecule has 1 aliphatic heterocycles. The van der Waals surface area contributed by atoms with Gasteiger partial charge in [0, 0.05) is 32.1 Å². The van der Waals surface area contributed by atoms with Gasteiger partial charge < -0.3 is 36.1 Å². The molecule has 1 aliphatic rings. The molecule has 328 valence electrons. The van der Waals surface area contributed by atoms with Crippen LogP contribution in [0.1, 0.15) is 68.3 Å². The van der Waals surface area contributed by atoms with Gasteiger partial charge >= 0.3 is 6.09 Å². The second-order valence-electron chi connectivity index (χ2n) is 16.8. The molecule has 62 heavy (non-hydrogen) atoms. The SMILES string of the molecule is CC(C)C[C@H](NC(=O)[C@H](Cc1c[nH]cn1)NC(=O)[C@H](Cc1cccc2ccccc12)NC(=O)OCc1ccccc1)[C@@H](O)CC(=O)NCCC1CCN(Cc2ccccc2)CC1. The van der Waals surface area contributed by atoms with Crippen LogP contribution in [0.15, 0.2) is 116 Å². The largest absolute Gasteiger partial charge is 0.445 e. The van der Waals surface area contributed by atoms with Crippen LogP contribution in [0, 0.1) is 11.8 Å². The van der Waals surface area contributed by atoms with Gasteiger partial charge in [-0.25, -0.2) is 9.78 Å². The van der Waals surface area contributed by atoms with Crippen LogP contribution in [0.3, 0.4) is 0 Å². The molecule has 1 fully saturated rings. The first kappa shape index (κ1) is 45.5. The number of piperidine rings is 1. The monoisotopic (exact) mass is 843 g/mol. The number of alkyl carbamates (subject to hydrolysis) is 1. The third-order valence-electron chi connectivity index (χ3n) is 11.5. The normalized spacial score (nSPS) is 15.3. The van der Waals surface area contributed by atoms with E-state index < -0.39 is 42.1 Å². The zero-order valence-corrected chi connectivity index (χ0v) is 35.8. The molecule has 6 N–H and O–H groups in total. The first-order valence-corrected chi connectivity index (χ1v) is 21.8. The minimum Gasteiger partial charge on any atom is -0.445 e. The van der Waals surface area contributed by atoms with Gasteiger partial charge in [0.2, 0.25) is 17.7 Å². The molecule has 0 spiro atoms. The van der Waals surface area contributed by atoms with E-state index in [-0.39, 0.29) is 37.7 Å². The van der Waals surface area contributed by atoms with Crippen LogP contribution < -0.4 is 21.3 Å². The van der Waals surface area contributed by atoms with Gasteiger partial charge in [0.1, 0.15) is 18.7 Å². The summed E-state index contributed by atoms with van der Waals surface area (Å²) >= 11 is 0. The number of amides is 4. The van der Waals surface area contributed by atoms with Crippen molar-refractivity contribution in [3.05, 3.63) is 138 Å². The molecule has 4 atom stereocenters. The van der Waals surface area contributed by atoms with Crippen molar-refractivity contribution in [3.8, 4) is 0 Å². The Labute approximate surface area is 364 Å². The van der Waals surface area contributed by atoms with E-state index in [1.54, 1.807) is 6.20 Å². The molecule has 1 aromatic heterocycles. The van der Waals surface area contributed by atoms with Crippen LogP contribution in [-0.4, -0.2) is 87.7 Å². The molecular formula is C49H61N7O6. The van der Waals surface area contributed by atoms with E-state index in [0.29, 0.717) is 24.6 Å². The number of hydrogen-bond donors (Lipinski definition) is 6. The number of ether oxygens (including phenoxy) is 1. The number of imidazole rings is 1. The van der Waals surface area contributed by atoms with Gasteiger partial charge in [0.25, 0.3) is 0 Å². The number of H-pyrrole nitrogens is 1. The predicted molar refractivity (Wildman–Crippen MR) is 240 cm³/mol. The zero-order valence-electron chi connectivity index (χ0n) is 35.8. The smallest absolute Gasteiger partial charge is 0.408 e. The highest BCUT2D eigenvalue weighted by atomic mass is 16.5. The number of benzene rings is 4. The van der Waals surface area contributed by atoms with Crippen molar-refractivity contribution in [2.45, 2.75) is 96.2 Å². The average molecular weight is 844 g/mol. The lowest BCUT2D eigenvalue weighted by Gasteiger charge is -2.32. The van der Waals surface area contributed by atoms with Crippen molar-refractivity contribution in [3.63, 3.8) is 0 Å². The molecule has 13 heteroatoms. The number of aromatic nitrogens is 2. The summed E-state index contributed by atoms with van der Waals surface area (Å²) in [6, 6.07) is 30.2. The fourth-order valence-corrected chi connectivity index (χ4v) is 8.10. The molecule has 0 saturated carbocycles. The van der Waals surface area contributed by atoms with Gasteiger partial charge in [-0.1, -0.05) is 117 Å². The highest BCUT2D eigenvalue weighted by molar-refractivity contribution is 5.93. The molecule has 13 nitrogen and oxygen atoms in total. The average Bonchev–Trinajstić information content (AvgIpc) is 3.79. The highest BCUT2D eigenvalue weighted by Gasteiger charge is 2.32. The van der Waals surface area contributed by atoms with E-state index in [1.807, 2.05) is 92.7 Å². The number of rotatable bonds is 21. The Kier molecular flexibility index (Phi) is 17.0. The third-order valence-corrected chi connectivity index (χ3v) is 11.5. The summed E-state index contributed by atoms with van der Waals surface area (Å²) in [5, 5.41) is 24.9. The number of aliphatic hydroxyl groups excluding tert-OH is 1. The van der Waals surface area contributed by atoms with E-state index in [2.05, 4.69) is 60.4 Å². The second-order valence-corrected chi connectivity index (χ2v) is 16.8. The summed E-state index contributed by atoms with van der Waals surface area (Å²) < 4.78 is 5.51. The lowest BCUT2D eigenvalue weighted by Crippen LogP contribution is -2.57. The molecule has 2 heterocycles. The minimum atomic E-state index is -1.18. The standard InChI is InChI=1S/C49H61N7O6/c1-34(2)26-42(45(57)29-46(58)51-23-20-35-21-24-56(25-22-35)31-36-12-5-3-6-13-36)53-48(60)44(28-40-30-50-33-52-40)54-47(59)43(55-49(61)62-32-37-14-7-4-8-15-37)27-39-18-11-17-38-16-9-10-19-41(38)39/h3-19,30,33-35,42-45,57H,20-29,31-32H2,1-2H3,(H,50,52)(H,51,58)(H,53,60)(H,54,59)(H,55,61)/t42-,43-,44-,45-/m0/s1. The summed E-state index contributed by atoms with van der Waals surface area (Å²) in [5.74, 6) is -0.858. The number of carbonyl (C=O) groups excluding carboxylic acids is 4. The Morgan fingerprint density at radius 1 is 0.806 bits per heavy atom. The Hall–Kier alpha value is -6.05. The lowest BCUT2D eigenvalue weighted by molar-refractivity contribution is -0.131. The number of likely N-dealkylation sites (tertiary alicyclic amines) is 1. The quantitative estimate of drug-likeness (QED) is 0.0535. The van der Waals surface area contributed by atoms with Crippen LogP contribution in [0.2, 0.25) is 0 Å². The summed E-state index contributed by atoms with van der Waals surface area (Å²) in [7, 11) is 0. The first-order chi connectivity index (χ1) is 30.1. The van der Waals surface area contributed by atoms with E-state index in [1.165, 1.54) is 11.9 Å². The van der Waals surface area contributed by atoms with Gasteiger partial charge in [-0.15, -0.1) is 0 Å². The molecule has 1 saturated heterocycles. The number of hydrogen-bond acceptors (Lipinski definition) is 8. The molecule has 4 aromatic carbocycles. The molecule has 0 radical (unpaired) electrons. The van der Waals surface area contributed by atoms with Gasteiger partial charge in [0.05, 0.1) is 30.6 Å². The van der Waals surface area contributed by atoms with E-state index in [4.69, 9.17) is 4.74 Å². The minimum absolute atomic E-state index is 0.00596. The Morgan fingerprint density at radius 3 is 2.18 bits per heavy atom. The van der Waals surface area contributed by atoms with E-state index in [0.717, 1.165) is 60.8 Å². The maximum absolute atomic E-state index is 14.3. The summed E-state index contributed by atoms with van der Waals surface area (Å²) in [6.45, 7) is 7.46. The molecule has 0 aliphatic carbocycles. The van der Waals surface area contributed by atoms with Gasteiger partial charge in [-0.3, -0.25) is 19.3 Å². The van der Waals surface area contributed by atoms with Crippen molar-refractivity contribution in [1.82, 2.24) is 36.1 Å². The summed E-state index contributed by atoms with van der Waals surface area (Å²) in [5.41, 5.74) is 3.44. The number of nitrogens with one attached hydrogen (secondary N) is 5. The van der Waals surface area contributed by atoms with E-state index >= 15 is 0 Å². The Balaban J connectivity index is 1.08. The molecule has 0 bridgehead atoms. The van der Waals surface area contributed by atoms with Gasteiger partial charge in [0.15, 0.2) is 0 Å². The van der Waals surface area contributed by atoms with Crippen molar-refractivity contribution in [2.75, 3.05) is 19.6 Å². The molecule has 6 rings (SSSR count). The van der Waals surface area contributed by atoms with Crippen LogP contribution in [0.5, 0.6) is 0 Å². The Bertz CT molecular complexity index is 2150. The fourth-order valence-electron chi connectivity index (χ4n) is 8.10. The maximum Gasteiger partial charge on any atom is 0.408 e. The molecule has 0 unspecified atom stereocenters. The maximum atomic E-state index is 14.3. The second kappa shape index (κ2) is 23.2. The predicted octanol–water partition coefficient (Wildman–Crippen LogP) is 5.83. The number of fused-ring (bicyclic) bond motifs is 1. The lowest BCUT2D eigenvalue weighted by atomic mass is 9.93. The van der Waals surface area contributed by atoms with E-state index in [9.17, 15) is 24.3 Å². The van der Waals surface area contributed by atoms with Gasteiger partial charge in [-0.05, 0) is 78.1 Å². The van der Waals surface area contributed by atoms with Crippen LogP contribution >= 0.6 is 0 Å². The number of aliphatic hydroxyl groups is 1. The van der Waals surface area contributed by atoms with Crippen molar-refractivity contribution in [2.24, 2.45) is 11.8 Å². The van der Waals surface area contributed by atoms with Gasteiger partial charge in [-0.2, -0.15) is 0 Å². The molecule has 5 aromatic rings. The number of aromatic amines is 1. The van der Waals surface area contributed by atoms with Crippen molar-refractivity contribution in [1.29, 1.82) is 0 Å². The van der Waals surface area contributed by atoms with Crippen LogP contribution in [0.25, 0.3) is 10.8 Å². The molecule has 4 amide bonds. The zero-order chi connectivity index (χ0) is 43.7.